The van der Waals surface area contributed by atoms with Gasteiger partial charge in [0, 0.05) is 30.9 Å². The van der Waals surface area contributed by atoms with Crippen molar-refractivity contribution >= 4 is 29.1 Å². The van der Waals surface area contributed by atoms with Crippen molar-refractivity contribution in [1.82, 2.24) is 5.32 Å². The van der Waals surface area contributed by atoms with E-state index < -0.39 is 5.92 Å². The van der Waals surface area contributed by atoms with Crippen molar-refractivity contribution in [2.75, 3.05) is 30.5 Å². The second-order valence-electron chi connectivity index (χ2n) is 8.62. The van der Waals surface area contributed by atoms with Gasteiger partial charge in [-0.25, -0.2) is 0 Å². The maximum Gasteiger partial charge on any atom is 0.262 e. The molecule has 0 bridgehead atoms. The molecule has 1 unspecified atom stereocenters. The second kappa shape index (κ2) is 11.4. The number of para-hydroxylation sites is 1. The molecule has 186 valence electrons. The van der Waals surface area contributed by atoms with Crippen LogP contribution in [0.5, 0.6) is 11.5 Å². The minimum absolute atomic E-state index is 0.106. The van der Waals surface area contributed by atoms with E-state index in [0.29, 0.717) is 24.5 Å². The molecule has 2 N–H and O–H groups in total. The van der Waals surface area contributed by atoms with Crippen molar-refractivity contribution < 1.29 is 23.9 Å². The molecule has 0 aliphatic carbocycles. The van der Waals surface area contributed by atoms with E-state index in [-0.39, 0.29) is 30.7 Å². The predicted octanol–water partition coefficient (Wildman–Crippen LogP) is 3.69. The van der Waals surface area contributed by atoms with Crippen molar-refractivity contribution in [2.24, 2.45) is 5.92 Å². The highest BCUT2D eigenvalue weighted by atomic mass is 16.5. The Morgan fingerprint density at radius 3 is 2.36 bits per heavy atom. The molecule has 1 fully saturated rings. The molecule has 1 aliphatic rings. The summed E-state index contributed by atoms with van der Waals surface area (Å²) in [6.07, 6.45) is 0.159. The number of anilines is 2. The molecule has 4 rings (SSSR count). The van der Waals surface area contributed by atoms with E-state index in [0.717, 1.165) is 22.6 Å². The number of nitrogens with zero attached hydrogens (tertiary/aromatic N) is 1. The van der Waals surface area contributed by atoms with Crippen LogP contribution in [0.3, 0.4) is 0 Å². The largest absolute Gasteiger partial charge is 0.497 e. The number of aryl methyl sites for hydroxylation is 1. The van der Waals surface area contributed by atoms with Gasteiger partial charge in [-0.15, -0.1) is 0 Å². The summed E-state index contributed by atoms with van der Waals surface area (Å²) >= 11 is 0. The molecular weight excluding hydrogens is 458 g/mol. The van der Waals surface area contributed by atoms with Crippen LogP contribution in [0.4, 0.5) is 11.4 Å². The maximum atomic E-state index is 12.6. The lowest BCUT2D eigenvalue weighted by Gasteiger charge is -2.17. The second-order valence-corrected chi connectivity index (χ2v) is 8.62. The van der Waals surface area contributed by atoms with E-state index in [1.807, 2.05) is 55.5 Å². The van der Waals surface area contributed by atoms with E-state index in [9.17, 15) is 14.4 Å². The molecule has 3 amide bonds. The molecule has 8 heteroatoms. The molecule has 0 aromatic heterocycles. The molecule has 0 spiro atoms. The van der Waals surface area contributed by atoms with Crippen molar-refractivity contribution in [3.8, 4) is 11.5 Å². The van der Waals surface area contributed by atoms with Crippen molar-refractivity contribution in [2.45, 2.75) is 19.9 Å². The van der Waals surface area contributed by atoms with Gasteiger partial charge < -0.3 is 25.0 Å². The number of hydrogen-bond acceptors (Lipinski definition) is 5. The SMILES string of the molecule is COc1ccc(CNC(=O)C2CC(=O)N(c3ccc(OCC(=O)Nc4ccccc4C)cc3)C2)cc1. The summed E-state index contributed by atoms with van der Waals surface area (Å²) in [7, 11) is 1.60. The van der Waals surface area contributed by atoms with Gasteiger partial charge in [-0.2, -0.15) is 0 Å². The summed E-state index contributed by atoms with van der Waals surface area (Å²) in [4.78, 5) is 39.0. The number of nitrogens with one attached hydrogen (secondary N) is 2. The highest BCUT2D eigenvalue weighted by Gasteiger charge is 2.35. The summed E-state index contributed by atoms with van der Waals surface area (Å²) in [5.74, 6) is 0.332. The Hall–Kier alpha value is -4.33. The van der Waals surface area contributed by atoms with Crippen molar-refractivity contribution in [3.63, 3.8) is 0 Å². The number of ether oxygens (including phenoxy) is 2. The Morgan fingerprint density at radius 2 is 1.67 bits per heavy atom. The number of carbonyl (C=O) groups excluding carboxylic acids is 3. The number of hydrogen-bond donors (Lipinski definition) is 2. The Labute approximate surface area is 210 Å². The summed E-state index contributed by atoms with van der Waals surface area (Å²) in [5.41, 5.74) is 3.35. The number of amides is 3. The van der Waals surface area contributed by atoms with Gasteiger partial charge in [0.15, 0.2) is 6.61 Å². The third-order valence-electron chi connectivity index (χ3n) is 6.06. The van der Waals surface area contributed by atoms with Gasteiger partial charge in [-0.05, 0) is 60.5 Å². The average molecular weight is 488 g/mol. The zero-order chi connectivity index (χ0) is 25.5. The van der Waals surface area contributed by atoms with Crippen molar-refractivity contribution in [1.29, 1.82) is 0 Å². The summed E-state index contributed by atoms with van der Waals surface area (Å²) in [6, 6.07) is 21.9. The van der Waals surface area contributed by atoms with Crippen LogP contribution in [0.15, 0.2) is 72.8 Å². The molecule has 3 aromatic carbocycles. The molecule has 3 aromatic rings. The van der Waals surface area contributed by atoms with Gasteiger partial charge in [0.1, 0.15) is 11.5 Å². The lowest BCUT2D eigenvalue weighted by molar-refractivity contribution is -0.126. The lowest BCUT2D eigenvalue weighted by atomic mass is 10.1. The highest BCUT2D eigenvalue weighted by molar-refractivity contribution is 6.00. The van der Waals surface area contributed by atoms with Gasteiger partial charge >= 0.3 is 0 Å². The van der Waals surface area contributed by atoms with Crippen molar-refractivity contribution in [3.05, 3.63) is 83.9 Å². The Balaban J connectivity index is 1.26. The average Bonchev–Trinajstić information content (AvgIpc) is 3.29. The summed E-state index contributed by atoms with van der Waals surface area (Å²) in [5, 5.41) is 5.73. The Kier molecular flexibility index (Phi) is 7.85. The molecule has 1 aliphatic heterocycles. The van der Waals surface area contributed by atoms with Gasteiger partial charge in [0.2, 0.25) is 11.8 Å². The molecular formula is C28H29N3O5. The Morgan fingerprint density at radius 1 is 0.972 bits per heavy atom. The third-order valence-corrected chi connectivity index (χ3v) is 6.06. The third kappa shape index (κ3) is 6.21. The first-order valence-electron chi connectivity index (χ1n) is 11.7. The van der Waals surface area contributed by atoms with Gasteiger partial charge in [0.25, 0.3) is 5.91 Å². The van der Waals surface area contributed by atoms with Gasteiger partial charge in [-0.3, -0.25) is 14.4 Å². The number of methoxy groups -OCH3 is 1. The zero-order valence-corrected chi connectivity index (χ0v) is 20.3. The molecule has 1 saturated heterocycles. The molecule has 8 nitrogen and oxygen atoms in total. The summed E-state index contributed by atoms with van der Waals surface area (Å²) < 4.78 is 10.7. The number of rotatable bonds is 9. The van der Waals surface area contributed by atoms with Crippen LogP contribution in [0.25, 0.3) is 0 Å². The fourth-order valence-electron chi connectivity index (χ4n) is 3.98. The fraction of sp³-hybridized carbons (Fsp3) is 0.250. The van der Waals surface area contributed by atoms with Gasteiger partial charge in [0.05, 0.1) is 13.0 Å². The maximum absolute atomic E-state index is 12.6. The fourth-order valence-corrected chi connectivity index (χ4v) is 3.98. The van der Waals surface area contributed by atoms with Crippen LogP contribution in [0.1, 0.15) is 17.5 Å². The topological polar surface area (TPSA) is 97.0 Å². The number of benzene rings is 3. The first-order chi connectivity index (χ1) is 17.4. The predicted molar refractivity (Wildman–Crippen MR) is 137 cm³/mol. The number of carbonyl (C=O) groups is 3. The summed E-state index contributed by atoms with van der Waals surface area (Å²) in [6.45, 7) is 2.49. The van der Waals surface area contributed by atoms with E-state index in [2.05, 4.69) is 10.6 Å². The van der Waals surface area contributed by atoms with Gasteiger partial charge in [-0.1, -0.05) is 30.3 Å². The molecule has 1 heterocycles. The zero-order valence-electron chi connectivity index (χ0n) is 20.3. The van der Waals surface area contributed by atoms with Crippen LogP contribution in [0.2, 0.25) is 0 Å². The van der Waals surface area contributed by atoms with E-state index in [4.69, 9.17) is 9.47 Å². The first-order valence-corrected chi connectivity index (χ1v) is 11.7. The van der Waals surface area contributed by atoms with Crippen LogP contribution >= 0.6 is 0 Å². The molecule has 1 atom stereocenters. The van der Waals surface area contributed by atoms with Crippen LogP contribution < -0.4 is 25.0 Å². The minimum Gasteiger partial charge on any atom is -0.497 e. The highest BCUT2D eigenvalue weighted by Crippen LogP contribution is 2.27. The standard InChI is InChI=1S/C28H29N3O5/c1-19-5-3-4-6-25(19)30-26(32)18-36-24-13-9-22(10-14-24)31-17-21(15-27(31)33)28(34)29-16-20-7-11-23(35-2)12-8-20/h3-14,21H,15-18H2,1-2H3,(H,29,34)(H,30,32). The normalized spacial score (nSPS) is 14.9. The smallest absolute Gasteiger partial charge is 0.262 e. The van der Waals surface area contributed by atoms with E-state index >= 15 is 0 Å². The van der Waals surface area contributed by atoms with Crippen LogP contribution in [-0.4, -0.2) is 38.0 Å². The minimum atomic E-state index is -0.420. The van der Waals surface area contributed by atoms with Crippen LogP contribution in [0, 0.1) is 12.8 Å². The molecule has 0 saturated carbocycles. The molecule has 36 heavy (non-hydrogen) atoms. The monoisotopic (exact) mass is 487 g/mol. The van der Waals surface area contributed by atoms with Crippen LogP contribution in [-0.2, 0) is 20.9 Å². The molecule has 0 radical (unpaired) electrons. The van der Waals surface area contributed by atoms with E-state index in [1.54, 1.807) is 36.3 Å². The first kappa shape index (κ1) is 24.8. The quantitative estimate of drug-likeness (QED) is 0.480. The Bertz CT molecular complexity index is 1220. The lowest BCUT2D eigenvalue weighted by Crippen LogP contribution is -2.32. The van der Waals surface area contributed by atoms with E-state index in [1.165, 1.54) is 0 Å².